The lowest BCUT2D eigenvalue weighted by atomic mass is 10.1. The largest absolute Gasteiger partial charge is 0.493 e. The molecule has 0 unspecified atom stereocenters. The van der Waals surface area contributed by atoms with Crippen molar-refractivity contribution < 1.29 is 9.47 Å². The third-order valence-electron chi connectivity index (χ3n) is 4.57. The number of para-hydroxylation sites is 2. The van der Waals surface area contributed by atoms with Gasteiger partial charge in [0.05, 0.1) is 23.7 Å². The van der Waals surface area contributed by atoms with Crippen molar-refractivity contribution in [3.8, 4) is 17.6 Å². The van der Waals surface area contributed by atoms with E-state index >= 15 is 0 Å². The molecule has 30 heavy (non-hydrogen) atoms. The number of ether oxygens (including phenoxy) is 2. The van der Waals surface area contributed by atoms with E-state index in [4.69, 9.17) is 21.1 Å². The number of rotatable bonds is 6. The topological polar surface area (TPSA) is 70.9 Å². The number of fused-ring (bicyclic) bond motifs is 1. The Morgan fingerprint density at radius 3 is 2.63 bits per heavy atom. The van der Waals surface area contributed by atoms with Crippen LogP contribution >= 0.6 is 11.6 Å². The highest BCUT2D eigenvalue weighted by Gasteiger charge is 2.10. The van der Waals surface area contributed by atoms with Gasteiger partial charge in [-0.05, 0) is 53.6 Å². The summed E-state index contributed by atoms with van der Waals surface area (Å²) in [4.78, 5) is 7.68. The average Bonchev–Trinajstić information content (AvgIpc) is 3.21. The second-order valence-electron chi connectivity index (χ2n) is 6.60. The van der Waals surface area contributed by atoms with Crippen molar-refractivity contribution in [2.75, 3.05) is 7.11 Å². The van der Waals surface area contributed by atoms with E-state index in [9.17, 15) is 5.26 Å². The number of aromatic amines is 1. The van der Waals surface area contributed by atoms with Crippen molar-refractivity contribution in [1.29, 1.82) is 5.26 Å². The summed E-state index contributed by atoms with van der Waals surface area (Å²) < 4.78 is 11.4. The van der Waals surface area contributed by atoms with E-state index in [1.54, 1.807) is 13.2 Å². The number of benzene rings is 3. The van der Waals surface area contributed by atoms with E-state index in [-0.39, 0.29) is 0 Å². The summed E-state index contributed by atoms with van der Waals surface area (Å²) in [6.45, 7) is 0.394. The predicted octanol–water partition coefficient (Wildman–Crippen LogP) is 5.87. The highest BCUT2D eigenvalue weighted by atomic mass is 35.5. The van der Waals surface area contributed by atoms with Crippen LogP contribution < -0.4 is 9.47 Å². The highest BCUT2D eigenvalue weighted by molar-refractivity contribution is 6.30. The van der Waals surface area contributed by atoms with E-state index in [1.807, 2.05) is 66.7 Å². The number of nitrogens with zero attached hydrogens (tertiary/aromatic N) is 2. The molecule has 1 aromatic heterocycles. The number of aromatic nitrogens is 2. The number of hydrogen-bond acceptors (Lipinski definition) is 4. The van der Waals surface area contributed by atoms with Gasteiger partial charge in [-0.25, -0.2) is 4.98 Å². The standard InChI is InChI=1S/C24H18ClN3O2/c1-29-23-13-17(8-11-22(23)30-15-16-6-9-19(25)10-7-16)12-18(14-26)24-27-20-4-2-3-5-21(20)28-24/h2-13H,15H2,1H3,(H,27,28). The summed E-state index contributed by atoms with van der Waals surface area (Å²) in [5.74, 6) is 1.73. The molecule has 0 atom stereocenters. The first-order valence-electron chi connectivity index (χ1n) is 9.28. The van der Waals surface area contributed by atoms with Crippen molar-refractivity contribution in [1.82, 2.24) is 9.97 Å². The first-order chi connectivity index (χ1) is 14.7. The van der Waals surface area contributed by atoms with Crippen LogP contribution in [0.5, 0.6) is 11.5 Å². The lowest BCUT2D eigenvalue weighted by molar-refractivity contribution is 0.284. The Morgan fingerprint density at radius 2 is 1.90 bits per heavy atom. The molecule has 148 valence electrons. The van der Waals surface area contributed by atoms with Crippen LogP contribution in [0.15, 0.2) is 66.7 Å². The molecule has 0 spiro atoms. The third kappa shape index (κ3) is 4.29. The average molecular weight is 416 g/mol. The highest BCUT2D eigenvalue weighted by Crippen LogP contribution is 2.30. The zero-order valence-corrected chi connectivity index (χ0v) is 17.0. The maximum absolute atomic E-state index is 9.63. The van der Waals surface area contributed by atoms with Crippen LogP contribution in [-0.4, -0.2) is 17.1 Å². The van der Waals surface area contributed by atoms with E-state index in [1.165, 1.54) is 0 Å². The van der Waals surface area contributed by atoms with Crippen LogP contribution in [0.2, 0.25) is 5.02 Å². The zero-order chi connectivity index (χ0) is 20.9. The summed E-state index contributed by atoms with van der Waals surface area (Å²) in [5.41, 5.74) is 3.95. The van der Waals surface area contributed by atoms with Gasteiger partial charge in [-0.1, -0.05) is 41.9 Å². The first-order valence-corrected chi connectivity index (χ1v) is 9.66. The fourth-order valence-corrected chi connectivity index (χ4v) is 3.16. The Balaban J connectivity index is 1.57. The SMILES string of the molecule is COc1cc(C=C(C#N)c2nc3ccccc3[nH]2)ccc1OCc1ccc(Cl)cc1. The minimum Gasteiger partial charge on any atom is -0.493 e. The summed E-state index contributed by atoms with van der Waals surface area (Å²) in [6, 6.07) is 22.9. The van der Waals surface area contributed by atoms with Gasteiger partial charge in [0, 0.05) is 5.02 Å². The van der Waals surface area contributed by atoms with Gasteiger partial charge in [-0.3, -0.25) is 0 Å². The Kier molecular flexibility index (Phi) is 5.69. The monoisotopic (exact) mass is 415 g/mol. The van der Waals surface area contributed by atoms with Gasteiger partial charge >= 0.3 is 0 Å². The summed E-state index contributed by atoms with van der Waals surface area (Å²) in [6.07, 6.45) is 1.77. The Hall–Kier alpha value is -3.75. The lowest BCUT2D eigenvalue weighted by Gasteiger charge is -2.11. The van der Waals surface area contributed by atoms with Gasteiger partial charge in [0.15, 0.2) is 11.5 Å². The Bertz CT molecular complexity index is 1220. The number of nitriles is 1. The number of halogens is 1. The normalized spacial score (nSPS) is 11.3. The van der Waals surface area contributed by atoms with Gasteiger partial charge in [0.2, 0.25) is 0 Å². The molecule has 4 rings (SSSR count). The Labute approximate surface area is 179 Å². The van der Waals surface area contributed by atoms with E-state index in [0.29, 0.717) is 34.5 Å². The van der Waals surface area contributed by atoms with Crippen molar-refractivity contribution in [2.45, 2.75) is 6.61 Å². The number of imidazole rings is 1. The molecule has 3 aromatic carbocycles. The molecular formula is C24H18ClN3O2. The second kappa shape index (κ2) is 8.73. The molecule has 6 heteroatoms. The Morgan fingerprint density at radius 1 is 1.10 bits per heavy atom. The maximum Gasteiger partial charge on any atom is 0.161 e. The summed E-state index contributed by atoms with van der Waals surface area (Å²) in [5, 5.41) is 10.3. The quantitative estimate of drug-likeness (QED) is 0.400. The molecule has 0 bridgehead atoms. The molecule has 0 aliphatic heterocycles. The molecule has 1 N–H and O–H groups in total. The van der Waals surface area contributed by atoms with Gasteiger partial charge in [-0.15, -0.1) is 0 Å². The fraction of sp³-hybridized carbons (Fsp3) is 0.0833. The molecule has 0 amide bonds. The third-order valence-corrected chi connectivity index (χ3v) is 4.82. The van der Waals surface area contributed by atoms with Gasteiger partial charge in [0.1, 0.15) is 18.5 Å². The van der Waals surface area contributed by atoms with E-state index in [0.717, 1.165) is 22.2 Å². The van der Waals surface area contributed by atoms with E-state index < -0.39 is 0 Å². The molecule has 4 aromatic rings. The molecule has 0 aliphatic rings. The molecular weight excluding hydrogens is 398 g/mol. The summed E-state index contributed by atoms with van der Waals surface area (Å²) >= 11 is 5.92. The number of nitrogens with one attached hydrogen (secondary N) is 1. The van der Waals surface area contributed by atoms with Gasteiger partial charge in [-0.2, -0.15) is 5.26 Å². The van der Waals surface area contributed by atoms with Crippen LogP contribution in [0.3, 0.4) is 0 Å². The molecule has 0 saturated carbocycles. The molecule has 0 radical (unpaired) electrons. The van der Waals surface area contributed by atoms with Crippen molar-refractivity contribution in [2.24, 2.45) is 0 Å². The van der Waals surface area contributed by atoms with Crippen LogP contribution in [0.1, 0.15) is 17.0 Å². The zero-order valence-electron chi connectivity index (χ0n) is 16.2. The molecule has 0 saturated heterocycles. The van der Waals surface area contributed by atoms with Crippen LogP contribution in [0.25, 0.3) is 22.7 Å². The number of H-pyrrole nitrogens is 1. The van der Waals surface area contributed by atoms with Crippen LogP contribution in [0.4, 0.5) is 0 Å². The predicted molar refractivity (Wildman–Crippen MR) is 118 cm³/mol. The van der Waals surface area contributed by atoms with Crippen molar-refractivity contribution in [3.63, 3.8) is 0 Å². The second-order valence-corrected chi connectivity index (χ2v) is 7.03. The molecule has 5 nitrogen and oxygen atoms in total. The fourth-order valence-electron chi connectivity index (χ4n) is 3.04. The minimum absolute atomic E-state index is 0.394. The maximum atomic E-state index is 9.63. The van der Waals surface area contributed by atoms with E-state index in [2.05, 4.69) is 16.0 Å². The van der Waals surface area contributed by atoms with Crippen LogP contribution in [-0.2, 0) is 6.61 Å². The first kappa shape index (κ1) is 19.6. The number of methoxy groups -OCH3 is 1. The van der Waals surface area contributed by atoms with Crippen LogP contribution in [0, 0.1) is 11.3 Å². The smallest absolute Gasteiger partial charge is 0.161 e. The van der Waals surface area contributed by atoms with Crippen molar-refractivity contribution in [3.05, 3.63) is 88.7 Å². The lowest BCUT2D eigenvalue weighted by Crippen LogP contribution is -1.98. The van der Waals surface area contributed by atoms with Gasteiger partial charge in [0.25, 0.3) is 0 Å². The molecule has 0 fully saturated rings. The minimum atomic E-state index is 0.394. The molecule has 0 aliphatic carbocycles. The van der Waals surface area contributed by atoms with Gasteiger partial charge < -0.3 is 14.5 Å². The number of hydrogen-bond donors (Lipinski definition) is 1. The van der Waals surface area contributed by atoms with Crippen molar-refractivity contribution >= 4 is 34.3 Å². The number of allylic oxidation sites excluding steroid dienone is 1. The summed E-state index contributed by atoms with van der Waals surface area (Å²) in [7, 11) is 1.59. The molecule has 1 heterocycles.